The van der Waals surface area contributed by atoms with Crippen LogP contribution in [-0.4, -0.2) is 24.6 Å². The van der Waals surface area contributed by atoms with Crippen molar-refractivity contribution in [2.45, 2.75) is 6.54 Å². The molecular formula is C17H21N3S. The van der Waals surface area contributed by atoms with Crippen molar-refractivity contribution in [3.05, 3.63) is 60.2 Å². The highest BCUT2D eigenvalue weighted by atomic mass is 32.2. The van der Waals surface area contributed by atoms with Crippen LogP contribution < -0.4 is 15.8 Å². The number of hydrogen-bond donors (Lipinski definition) is 2. The first-order chi connectivity index (χ1) is 10.4. The Morgan fingerprint density at radius 2 is 1.62 bits per heavy atom. The van der Waals surface area contributed by atoms with Gasteiger partial charge in [0.15, 0.2) is 0 Å². The van der Waals surface area contributed by atoms with Gasteiger partial charge in [0.1, 0.15) is 0 Å². The van der Waals surface area contributed by atoms with Crippen LogP contribution in [0.1, 0.15) is 5.56 Å². The van der Waals surface area contributed by atoms with E-state index in [2.05, 4.69) is 40.0 Å². The van der Waals surface area contributed by atoms with Crippen molar-refractivity contribution in [1.82, 2.24) is 5.43 Å². The Hall–Kier alpha value is -1.65. The van der Waals surface area contributed by atoms with E-state index in [1.807, 2.05) is 42.1 Å². The van der Waals surface area contributed by atoms with Crippen LogP contribution in [-0.2, 0) is 6.54 Å². The molecule has 3 nitrogen and oxygen atoms in total. The lowest BCUT2D eigenvalue weighted by molar-refractivity contribution is 0.800. The lowest BCUT2D eigenvalue weighted by Crippen LogP contribution is -2.32. The molecule has 0 spiro atoms. The topological polar surface area (TPSA) is 27.3 Å². The van der Waals surface area contributed by atoms with Gasteiger partial charge >= 0.3 is 0 Å². The monoisotopic (exact) mass is 299 g/mol. The number of hydrogen-bond acceptors (Lipinski definition) is 4. The van der Waals surface area contributed by atoms with Crippen molar-refractivity contribution in [3.63, 3.8) is 0 Å². The fourth-order valence-corrected chi connectivity index (χ4v) is 3.32. The number of nitrogens with zero attached hydrogens (tertiary/aromatic N) is 1. The van der Waals surface area contributed by atoms with Crippen molar-refractivity contribution in [2.75, 3.05) is 34.9 Å². The Morgan fingerprint density at radius 3 is 2.33 bits per heavy atom. The first-order valence-electron chi connectivity index (χ1n) is 7.37. The van der Waals surface area contributed by atoms with Gasteiger partial charge < -0.3 is 10.3 Å². The molecule has 0 unspecified atom stereocenters. The van der Waals surface area contributed by atoms with Gasteiger partial charge in [0, 0.05) is 42.5 Å². The fraction of sp³-hybridized carbons (Fsp3) is 0.294. The van der Waals surface area contributed by atoms with E-state index in [1.165, 1.54) is 22.8 Å². The summed E-state index contributed by atoms with van der Waals surface area (Å²) < 4.78 is 0. The summed E-state index contributed by atoms with van der Waals surface area (Å²) in [5.41, 5.74) is 10.2. The Labute approximate surface area is 130 Å². The third-order valence-electron chi connectivity index (χ3n) is 3.61. The second-order valence-electron chi connectivity index (χ2n) is 5.11. The smallest absolute Gasteiger partial charge is 0.0487 e. The minimum atomic E-state index is 0.811. The maximum absolute atomic E-state index is 3.25. The quantitative estimate of drug-likeness (QED) is 0.828. The lowest BCUT2D eigenvalue weighted by Gasteiger charge is -2.28. The molecule has 0 saturated carbocycles. The number of hydrazine groups is 1. The predicted octanol–water partition coefficient (Wildman–Crippen LogP) is 3.36. The minimum Gasteiger partial charge on any atom is -0.370 e. The lowest BCUT2D eigenvalue weighted by atomic mass is 10.2. The summed E-state index contributed by atoms with van der Waals surface area (Å²) in [7, 11) is 0. The van der Waals surface area contributed by atoms with Crippen LogP contribution >= 0.6 is 11.8 Å². The molecule has 1 fully saturated rings. The number of rotatable bonds is 5. The average Bonchev–Trinajstić information content (AvgIpc) is 2.57. The largest absolute Gasteiger partial charge is 0.370 e. The Morgan fingerprint density at radius 1 is 0.905 bits per heavy atom. The molecule has 0 amide bonds. The van der Waals surface area contributed by atoms with Crippen molar-refractivity contribution >= 4 is 23.1 Å². The first-order valence-corrected chi connectivity index (χ1v) is 8.53. The Kier molecular flexibility index (Phi) is 5.03. The van der Waals surface area contributed by atoms with E-state index in [1.54, 1.807) is 0 Å². The first kappa shape index (κ1) is 14.3. The van der Waals surface area contributed by atoms with Crippen LogP contribution in [0.4, 0.5) is 11.4 Å². The SMILES string of the molecule is c1ccc(NNCc2ccc(N3CCSCC3)cc2)cc1. The molecular weight excluding hydrogens is 278 g/mol. The van der Waals surface area contributed by atoms with Crippen LogP contribution in [0.5, 0.6) is 0 Å². The van der Waals surface area contributed by atoms with Crippen LogP contribution in [0.3, 0.4) is 0 Å². The summed E-state index contributed by atoms with van der Waals surface area (Å²) in [5, 5.41) is 0. The van der Waals surface area contributed by atoms with Crippen LogP contribution in [0.2, 0.25) is 0 Å². The van der Waals surface area contributed by atoms with Gasteiger partial charge in [-0.1, -0.05) is 30.3 Å². The van der Waals surface area contributed by atoms with E-state index in [0.717, 1.165) is 25.3 Å². The molecule has 1 aliphatic rings. The Bertz CT molecular complexity index is 536. The molecule has 0 bridgehead atoms. The number of nitrogens with one attached hydrogen (secondary N) is 2. The van der Waals surface area contributed by atoms with E-state index >= 15 is 0 Å². The number of thioether (sulfide) groups is 1. The second kappa shape index (κ2) is 7.38. The molecule has 0 aliphatic carbocycles. The molecule has 0 atom stereocenters. The van der Waals surface area contributed by atoms with Gasteiger partial charge in [0.2, 0.25) is 0 Å². The van der Waals surface area contributed by atoms with Gasteiger partial charge in [-0.05, 0) is 29.8 Å². The van der Waals surface area contributed by atoms with Crippen molar-refractivity contribution in [3.8, 4) is 0 Å². The van der Waals surface area contributed by atoms with E-state index in [-0.39, 0.29) is 0 Å². The van der Waals surface area contributed by atoms with Gasteiger partial charge in [-0.15, -0.1) is 0 Å². The van der Waals surface area contributed by atoms with E-state index in [0.29, 0.717) is 0 Å². The molecule has 21 heavy (non-hydrogen) atoms. The molecule has 1 heterocycles. The zero-order valence-electron chi connectivity index (χ0n) is 12.1. The van der Waals surface area contributed by atoms with Crippen LogP contribution in [0.15, 0.2) is 54.6 Å². The molecule has 2 aromatic rings. The van der Waals surface area contributed by atoms with Gasteiger partial charge in [-0.25, -0.2) is 5.43 Å². The number of anilines is 2. The van der Waals surface area contributed by atoms with Crippen LogP contribution in [0, 0.1) is 0 Å². The summed E-state index contributed by atoms with van der Waals surface area (Å²) in [5.74, 6) is 2.48. The molecule has 0 aromatic heterocycles. The van der Waals surface area contributed by atoms with E-state index < -0.39 is 0 Å². The van der Waals surface area contributed by atoms with E-state index in [9.17, 15) is 0 Å². The summed E-state index contributed by atoms with van der Waals surface area (Å²) in [6.07, 6.45) is 0. The molecule has 2 aromatic carbocycles. The Balaban J connectivity index is 1.50. The van der Waals surface area contributed by atoms with E-state index in [4.69, 9.17) is 0 Å². The zero-order valence-corrected chi connectivity index (χ0v) is 12.9. The molecule has 4 heteroatoms. The normalized spacial score (nSPS) is 15.0. The summed E-state index contributed by atoms with van der Waals surface area (Å²) >= 11 is 2.05. The molecule has 1 saturated heterocycles. The second-order valence-corrected chi connectivity index (χ2v) is 6.34. The van der Waals surface area contributed by atoms with Crippen molar-refractivity contribution in [2.24, 2.45) is 0 Å². The van der Waals surface area contributed by atoms with Gasteiger partial charge in [0.05, 0.1) is 0 Å². The fourth-order valence-electron chi connectivity index (χ4n) is 2.42. The third kappa shape index (κ3) is 4.16. The maximum Gasteiger partial charge on any atom is 0.0487 e. The minimum absolute atomic E-state index is 0.811. The maximum atomic E-state index is 3.25. The molecule has 110 valence electrons. The number of para-hydroxylation sites is 1. The summed E-state index contributed by atoms with van der Waals surface area (Å²) in [6, 6.07) is 19.0. The standard InChI is InChI=1S/C17H21N3S/c1-2-4-16(5-3-1)19-18-14-15-6-8-17(9-7-15)20-10-12-21-13-11-20/h1-9,18-19H,10-14H2. The summed E-state index contributed by atoms with van der Waals surface area (Å²) in [4.78, 5) is 2.47. The highest BCUT2D eigenvalue weighted by Crippen LogP contribution is 2.19. The highest BCUT2D eigenvalue weighted by molar-refractivity contribution is 7.99. The molecule has 0 radical (unpaired) electrons. The molecule has 2 N–H and O–H groups in total. The van der Waals surface area contributed by atoms with Gasteiger partial charge in [-0.2, -0.15) is 11.8 Å². The average molecular weight is 299 g/mol. The van der Waals surface area contributed by atoms with Crippen molar-refractivity contribution in [1.29, 1.82) is 0 Å². The summed E-state index contributed by atoms with van der Waals surface area (Å²) in [6.45, 7) is 3.14. The predicted molar refractivity (Wildman–Crippen MR) is 92.9 cm³/mol. The molecule has 1 aliphatic heterocycles. The van der Waals surface area contributed by atoms with Crippen LogP contribution in [0.25, 0.3) is 0 Å². The van der Waals surface area contributed by atoms with Gasteiger partial charge in [-0.3, -0.25) is 0 Å². The molecule has 3 rings (SSSR count). The zero-order chi connectivity index (χ0) is 14.3. The highest BCUT2D eigenvalue weighted by Gasteiger charge is 2.10. The number of benzene rings is 2. The van der Waals surface area contributed by atoms with Crippen molar-refractivity contribution < 1.29 is 0 Å². The third-order valence-corrected chi connectivity index (χ3v) is 4.55. The van der Waals surface area contributed by atoms with Gasteiger partial charge in [0.25, 0.3) is 0 Å².